The van der Waals surface area contributed by atoms with Gasteiger partial charge >= 0.3 is 0 Å². The lowest BCUT2D eigenvalue weighted by Gasteiger charge is -2.20. The van der Waals surface area contributed by atoms with Gasteiger partial charge in [-0.3, -0.25) is 4.79 Å². The SMILES string of the molecule is Cc1ccsc1C(=O)N[C@H]1COC[C@H]1CS(=O)(=O)N(C)C. The number of nitrogens with one attached hydrogen (secondary N) is 1. The summed E-state index contributed by atoms with van der Waals surface area (Å²) in [7, 11) is -0.292. The van der Waals surface area contributed by atoms with Gasteiger partial charge in [-0.15, -0.1) is 11.3 Å². The third-order valence-corrected chi connectivity index (χ3v) is 6.54. The van der Waals surface area contributed by atoms with Crippen LogP contribution in [0.1, 0.15) is 15.2 Å². The minimum absolute atomic E-state index is 0.0195. The zero-order valence-corrected chi connectivity index (χ0v) is 14.0. The molecule has 0 aromatic carbocycles. The van der Waals surface area contributed by atoms with Crippen LogP contribution in [0, 0.1) is 12.8 Å². The summed E-state index contributed by atoms with van der Waals surface area (Å²) in [6.45, 7) is 2.58. The Hall–Kier alpha value is -0.960. The largest absolute Gasteiger partial charge is 0.379 e. The van der Waals surface area contributed by atoms with Gasteiger partial charge in [-0.05, 0) is 23.9 Å². The van der Waals surface area contributed by atoms with Crippen molar-refractivity contribution in [2.75, 3.05) is 33.1 Å². The van der Waals surface area contributed by atoms with Crippen LogP contribution in [0.25, 0.3) is 0 Å². The van der Waals surface area contributed by atoms with Crippen molar-refractivity contribution >= 4 is 27.3 Å². The molecule has 21 heavy (non-hydrogen) atoms. The fourth-order valence-electron chi connectivity index (χ4n) is 2.18. The fraction of sp³-hybridized carbons (Fsp3) is 0.615. The number of aryl methyl sites for hydroxylation is 1. The zero-order valence-electron chi connectivity index (χ0n) is 12.3. The summed E-state index contributed by atoms with van der Waals surface area (Å²) in [6, 6.07) is 1.62. The summed E-state index contributed by atoms with van der Waals surface area (Å²) in [5, 5.41) is 4.76. The maximum absolute atomic E-state index is 12.2. The van der Waals surface area contributed by atoms with Crippen LogP contribution in [0.3, 0.4) is 0 Å². The molecule has 1 amide bonds. The smallest absolute Gasteiger partial charge is 0.261 e. The van der Waals surface area contributed by atoms with Crippen LogP contribution >= 0.6 is 11.3 Å². The van der Waals surface area contributed by atoms with Crippen molar-refractivity contribution in [1.29, 1.82) is 0 Å². The first-order valence-electron chi connectivity index (χ1n) is 6.64. The van der Waals surface area contributed by atoms with Gasteiger partial charge in [-0.25, -0.2) is 12.7 Å². The predicted octanol–water partition coefficient (Wildman–Crippen LogP) is 0.693. The standard InChI is InChI=1S/C13H20N2O4S2/c1-9-4-5-20-12(9)13(16)14-11-7-19-6-10(11)8-21(17,18)15(2)3/h4-5,10-11H,6-8H2,1-3H3,(H,14,16)/t10-,11-/m0/s1. The highest BCUT2D eigenvalue weighted by molar-refractivity contribution is 7.89. The Morgan fingerprint density at radius 1 is 1.48 bits per heavy atom. The molecule has 0 bridgehead atoms. The number of ether oxygens (including phenoxy) is 1. The van der Waals surface area contributed by atoms with Crippen LogP contribution in [0.2, 0.25) is 0 Å². The summed E-state index contributed by atoms with van der Waals surface area (Å²) in [6.07, 6.45) is 0. The molecule has 1 N–H and O–H groups in total. The van der Waals surface area contributed by atoms with Crippen LogP contribution < -0.4 is 5.32 Å². The molecule has 0 radical (unpaired) electrons. The lowest BCUT2D eigenvalue weighted by molar-refractivity contribution is 0.0929. The highest BCUT2D eigenvalue weighted by Crippen LogP contribution is 2.20. The maximum atomic E-state index is 12.2. The second-order valence-corrected chi connectivity index (χ2v) is 8.51. The van der Waals surface area contributed by atoms with E-state index in [9.17, 15) is 13.2 Å². The second kappa shape index (κ2) is 6.43. The molecule has 0 aliphatic carbocycles. The first-order valence-corrected chi connectivity index (χ1v) is 9.13. The van der Waals surface area contributed by atoms with Gasteiger partial charge in [-0.2, -0.15) is 0 Å². The fourth-order valence-corrected chi connectivity index (χ4v) is 4.18. The first kappa shape index (κ1) is 16.4. The Bertz CT molecular complexity index is 609. The van der Waals surface area contributed by atoms with E-state index in [0.29, 0.717) is 18.1 Å². The molecule has 1 aliphatic rings. The summed E-state index contributed by atoms with van der Waals surface area (Å²) in [5.74, 6) is -0.402. The van der Waals surface area contributed by atoms with Crippen molar-refractivity contribution in [1.82, 2.24) is 9.62 Å². The van der Waals surface area contributed by atoms with Gasteiger partial charge in [0, 0.05) is 20.0 Å². The number of nitrogens with zero attached hydrogens (tertiary/aromatic N) is 1. The summed E-state index contributed by atoms with van der Waals surface area (Å²) >= 11 is 1.38. The van der Waals surface area contributed by atoms with E-state index in [2.05, 4.69) is 5.32 Å². The first-order chi connectivity index (χ1) is 9.81. The summed E-state index contributed by atoms with van der Waals surface area (Å²) in [5.41, 5.74) is 0.925. The molecule has 0 unspecified atom stereocenters. The van der Waals surface area contributed by atoms with E-state index in [1.54, 1.807) is 0 Å². The third kappa shape index (κ3) is 3.82. The van der Waals surface area contributed by atoms with Crippen LogP contribution in [0.15, 0.2) is 11.4 Å². The van der Waals surface area contributed by atoms with E-state index in [1.807, 2.05) is 18.4 Å². The van der Waals surface area contributed by atoms with E-state index < -0.39 is 10.0 Å². The quantitative estimate of drug-likeness (QED) is 0.861. The molecule has 0 saturated carbocycles. The Morgan fingerprint density at radius 2 is 2.19 bits per heavy atom. The highest BCUT2D eigenvalue weighted by Gasteiger charge is 2.34. The van der Waals surface area contributed by atoms with Gasteiger partial charge in [-0.1, -0.05) is 0 Å². The minimum atomic E-state index is -3.31. The van der Waals surface area contributed by atoms with Gasteiger partial charge in [0.1, 0.15) is 0 Å². The number of hydrogen-bond donors (Lipinski definition) is 1. The molecular weight excluding hydrogens is 312 g/mol. The van der Waals surface area contributed by atoms with E-state index in [0.717, 1.165) is 5.56 Å². The van der Waals surface area contributed by atoms with Crippen LogP contribution in [0.5, 0.6) is 0 Å². The highest BCUT2D eigenvalue weighted by atomic mass is 32.2. The Labute approximate surface area is 129 Å². The van der Waals surface area contributed by atoms with E-state index >= 15 is 0 Å². The van der Waals surface area contributed by atoms with Crippen LogP contribution in [-0.2, 0) is 14.8 Å². The van der Waals surface area contributed by atoms with Gasteiger partial charge in [0.15, 0.2) is 0 Å². The van der Waals surface area contributed by atoms with Crippen LogP contribution in [-0.4, -0.2) is 57.7 Å². The molecule has 6 nitrogen and oxygen atoms in total. The van der Waals surface area contributed by atoms with Gasteiger partial charge in [0.2, 0.25) is 10.0 Å². The van der Waals surface area contributed by atoms with Crippen molar-refractivity contribution in [2.45, 2.75) is 13.0 Å². The van der Waals surface area contributed by atoms with Crippen LogP contribution in [0.4, 0.5) is 0 Å². The number of hydrogen-bond acceptors (Lipinski definition) is 5. The number of amides is 1. The molecule has 8 heteroatoms. The second-order valence-electron chi connectivity index (χ2n) is 5.37. The van der Waals surface area contributed by atoms with E-state index in [-0.39, 0.29) is 23.6 Å². The molecular formula is C13H20N2O4S2. The van der Waals surface area contributed by atoms with Gasteiger partial charge < -0.3 is 10.1 Å². The lowest BCUT2D eigenvalue weighted by atomic mass is 10.1. The molecule has 1 aliphatic heterocycles. The normalized spacial score (nSPS) is 22.7. The molecule has 2 atom stereocenters. The average Bonchev–Trinajstić information content (AvgIpc) is 2.98. The molecule has 2 rings (SSSR count). The van der Waals surface area contributed by atoms with Crippen molar-refractivity contribution < 1.29 is 17.9 Å². The topological polar surface area (TPSA) is 75.7 Å². The maximum Gasteiger partial charge on any atom is 0.261 e. The number of thiophene rings is 1. The number of carbonyl (C=O) groups excluding carboxylic acids is 1. The Morgan fingerprint density at radius 3 is 2.76 bits per heavy atom. The van der Waals surface area contributed by atoms with Crippen molar-refractivity contribution in [3.63, 3.8) is 0 Å². The molecule has 118 valence electrons. The number of carbonyl (C=O) groups is 1. The van der Waals surface area contributed by atoms with E-state index in [4.69, 9.17) is 4.74 Å². The number of rotatable bonds is 5. The Kier molecular flexibility index (Phi) is 5.03. The summed E-state index contributed by atoms with van der Waals surface area (Å²) < 4.78 is 30.5. The van der Waals surface area contributed by atoms with Gasteiger partial charge in [0.05, 0.1) is 29.9 Å². The van der Waals surface area contributed by atoms with Gasteiger partial charge in [0.25, 0.3) is 5.91 Å². The monoisotopic (exact) mass is 332 g/mol. The van der Waals surface area contributed by atoms with Crippen molar-refractivity contribution in [2.24, 2.45) is 5.92 Å². The molecule has 1 fully saturated rings. The third-order valence-electron chi connectivity index (χ3n) is 3.56. The van der Waals surface area contributed by atoms with E-state index in [1.165, 1.54) is 29.7 Å². The molecule has 0 spiro atoms. The zero-order chi connectivity index (χ0) is 15.6. The molecule has 1 aromatic rings. The van der Waals surface area contributed by atoms with Crippen molar-refractivity contribution in [3.8, 4) is 0 Å². The summed E-state index contributed by atoms with van der Waals surface area (Å²) in [4.78, 5) is 12.9. The minimum Gasteiger partial charge on any atom is -0.379 e. The molecule has 2 heterocycles. The average molecular weight is 332 g/mol. The van der Waals surface area contributed by atoms with Crippen molar-refractivity contribution in [3.05, 3.63) is 21.9 Å². The lowest BCUT2D eigenvalue weighted by Crippen LogP contribution is -2.43. The Balaban J connectivity index is 2.03. The predicted molar refractivity (Wildman–Crippen MR) is 82.1 cm³/mol. The molecule has 1 saturated heterocycles. The molecule has 1 aromatic heterocycles. The number of sulfonamides is 1.